The van der Waals surface area contributed by atoms with Gasteiger partial charge in [-0.3, -0.25) is 0 Å². The molecule has 2 rings (SSSR count). The number of alkyl halides is 3. The molecule has 0 amide bonds. The third kappa shape index (κ3) is 2.16. The van der Waals surface area contributed by atoms with Gasteiger partial charge >= 0.3 is 6.18 Å². The first-order valence-corrected chi connectivity index (χ1v) is 6.97. The average Bonchev–Trinajstić information content (AvgIpc) is 2.73. The summed E-state index contributed by atoms with van der Waals surface area (Å²) in [5.41, 5.74) is -2.79. The second-order valence-corrected chi connectivity index (χ2v) is 6.15. The fourth-order valence-electron chi connectivity index (χ4n) is 1.71. The van der Waals surface area contributed by atoms with Gasteiger partial charge in [0, 0.05) is 12.6 Å². The van der Waals surface area contributed by atoms with Crippen molar-refractivity contribution in [3.63, 3.8) is 0 Å². The van der Waals surface area contributed by atoms with Crippen LogP contribution >= 0.6 is 0 Å². The van der Waals surface area contributed by atoms with Crippen LogP contribution in [0.1, 0.15) is 12.0 Å². The van der Waals surface area contributed by atoms with E-state index in [2.05, 4.69) is 5.10 Å². The number of aliphatic hydroxyl groups is 1. The van der Waals surface area contributed by atoms with E-state index in [4.69, 9.17) is 0 Å². The van der Waals surface area contributed by atoms with Crippen LogP contribution in [0.5, 0.6) is 0 Å². The Balaban J connectivity index is 2.49. The molecule has 0 bridgehead atoms. The highest BCUT2D eigenvalue weighted by Crippen LogP contribution is 2.41. The molecule has 1 aliphatic rings. The van der Waals surface area contributed by atoms with Gasteiger partial charge in [0.2, 0.25) is 0 Å². The van der Waals surface area contributed by atoms with Crippen LogP contribution in [0.3, 0.4) is 0 Å². The number of nitrogens with zero attached hydrogens (tertiary/aromatic N) is 2. The first-order chi connectivity index (χ1) is 9.09. The summed E-state index contributed by atoms with van der Waals surface area (Å²) < 4.78 is 62.6. The summed E-state index contributed by atoms with van der Waals surface area (Å²) in [4.78, 5) is -0.371. The molecule has 1 heterocycles. The van der Waals surface area contributed by atoms with E-state index in [-0.39, 0.29) is 9.31 Å². The zero-order valence-corrected chi connectivity index (χ0v) is 11.1. The molecule has 0 spiro atoms. The second-order valence-electron chi connectivity index (χ2n) is 4.38. The first-order valence-electron chi connectivity index (χ1n) is 5.53. The molecule has 1 aromatic carbocycles. The first kappa shape index (κ1) is 14.8. The maximum absolute atomic E-state index is 12.9. The van der Waals surface area contributed by atoms with Crippen molar-refractivity contribution in [1.82, 2.24) is 4.41 Å². The van der Waals surface area contributed by atoms with Crippen LogP contribution in [0.25, 0.3) is 0 Å². The lowest BCUT2D eigenvalue weighted by Gasteiger charge is -2.33. The van der Waals surface area contributed by atoms with E-state index in [0.717, 1.165) is 23.9 Å². The Kier molecular flexibility index (Phi) is 3.29. The summed E-state index contributed by atoms with van der Waals surface area (Å²) >= 11 is 0. The summed E-state index contributed by atoms with van der Waals surface area (Å²) in [5.74, 6) is 0. The van der Waals surface area contributed by atoms with Crippen LogP contribution in [-0.2, 0) is 10.0 Å². The van der Waals surface area contributed by atoms with Crippen LogP contribution in [0.4, 0.5) is 13.2 Å². The normalized spacial score (nSPS) is 23.4. The predicted molar refractivity (Wildman–Crippen MR) is 64.3 cm³/mol. The maximum atomic E-state index is 12.9. The Labute approximate surface area is 113 Å². The third-order valence-corrected chi connectivity index (χ3v) is 4.60. The Morgan fingerprint density at radius 1 is 1.30 bits per heavy atom. The lowest BCUT2D eigenvalue weighted by molar-refractivity contribution is -0.290. The summed E-state index contributed by atoms with van der Waals surface area (Å²) in [7, 11) is -4.58. The van der Waals surface area contributed by atoms with E-state index in [9.17, 15) is 26.7 Å². The summed E-state index contributed by atoms with van der Waals surface area (Å²) in [6, 6.07) is 5.21. The minimum absolute atomic E-state index is 0.287. The highest BCUT2D eigenvalue weighted by Gasteiger charge is 2.63. The number of rotatable bonds is 2. The molecule has 1 aliphatic heterocycles. The van der Waals surface area contributed by atoms with Crippen molar-refractivity contribution in [3.8, 4) is 0 Å². The van der Waals surface area contributed by atoms with Gasteiger partial charge in [0.25, 0.3) is 15.7 Å². The Morgan fingerprint density at radius 2 is 1.85 bits per heavy atom. The molecule has 9 heteroatoms. The van der Waals surface area contributed by atoms with Crippen molar-refractivity contribution in [2.75, 3.05) is 0 Å². The van der Waals surface area contributed by atoms with Gasteiger partial charge in [0.05, 0.1) is 4.90 Å². The van der Waals surface area contributed by atoms with E-state index in [1.54, 1.807) is 6.92 Å². The summed E-state index contributed by atoms with van der Waals surface area (Å²) in [5, 5.41) is 12.8. The number of halogens is 3. The summed E-state index contributed by atoms with van der Waals surface area (Å²) in [6.07, 6.45) is -5.37. The monoisotopic (exact) mass is 308 g/mol. The van der Waals surface area contributed by atoms with Crippen molar-refractivity contribution in [2.24, 2.45) is 5.10 Å². The fraction of sp³-hybridized carbons (Fsp3) is 0.364. The molecule has 1 unspecified atom stereocenters. The minimum Gasteiger partial charge on any atom is -0.361 e. The highest BCUT2D eigenvalue weighted by atomic mass is 32.2. The Bertz CT molecular complexity index is 640. The zero-order valence-electron chi connectivity index (χ0n) is 10.3. The number of hydrogen-bond donors (Lipinski definition) is 1. The number of hydrogen-bond acceptors (Lipinski definition) is 4. The van der Waals surface area contributed by atoms with Crippen molar-refractivity contribution >= 4 is 16.2 Å². The molecule has 1 N–H and O–H groups in total. The van der Waals surface area contributed by atoms with Crippen molar-refractivity contribution < 1.29 is 26.7 Å². The quantitative estimate of drug-likeness (QED) is 0.902. The molecule has 110 valence electrons. The molecule has 0 radical (unpaired) electrons. The average molecular weight is 308 g/mol. The smallest absolute Gasteiger partial charge is 0.361 e. The van der Waals surface area contributed by atoms with Gasteiger partial charge in [0.1, 0.15) is 0 Å². The maximum Gasteiger partial charge on any atom is 0.439 e. The van der Waals surface area contributed by atoms with Gasteiger partial charge in [-0.05, 0) is 19.1 Å². The van der Waals surface area contributed by atoms with Crippen molar-refractivity contribution in [1.29, 1.82) is 0 Å². The fourth-order valence-corrected chi connectivity index (χ4v) is 3.16. The van der Waals surface area contributed by atoms with Crippen LogP contribution in [0, 0.1) is 6.92 Å². The second kappa shape index (κ2) is 4.45. The molecule has 0 fully saturated rings. The number of aryl methyl sites for hydroxylation is 1. The van der Waals surface area contributed by atoms with Crippen LogP contribution < -0.4 is 0 Å². The van der Waals surface area contributed by atoms with Gasteiger partial charge in [-0.2, -0.15) is 26.7 Å². The lowest BCUT2D eigenvalue weighted by atomic mass is 10.2. The van der Waals surface area contributed by atoms with Crippen LogP contribution in [0.2, 0.25) is 0 Å². The largest absolute Gasteiger partial charge is 0.439 e. The predicted octanol–water partition coefficient (Wildman–Crippen LogP) is 1.63. The van der Waals surface area contributed by atoms with Gasteiger partial charge in [-0.1, -0.05) is 17.7 Å². The van der Waals surface area contributed by atoms with Gasteiger partial charge in [-0.25, -0.2) is 0 Å². The molecule has 0 saturated heterocycles. The van der Waals surface area contributed by atoms with Crippen LogP contribution in [0.15, 0.2) is 34.3 Å². The minimum atomic E-state index is -5.15. The van der Waals surface area contributed by atoms with Gasteiger partial charge in [-0.15, -0.1) is 4.41 Å². The number of sulfonamides is 1. The topological polar surface area (TPSA) is 70.0 Å². The molecule has 1 atom stereocenters. The molecule has 20 heavy (non-hydrogen) atoms. The highest BCUT2D eigenvalue weighted by molar-refractivity contribution is 7.89. The van der Waals surface area contributed by atoms with E-state index < -0.39 is 28.3 Å². The van der Waals surface area contributed by atoms with Crippen molar-refractivity contribution in [3.05, 3.63) is 29.8 Å². The molecular weight excluding hydrogens is 297 g/mol. The van der Waals surface area contributed by atoms with E-state index in [1.165, 1.54) is 12.1 Å². The van der Waals surface area contributed by atoms with Crippen LogP contribution in [-0.4, -0.2) is 36.1 Å². The molecule has 1 aromatic rings. The molecular formula is C11H11F3N2O3S. The Hall–Kier alpha value is -1.61. The number of hydrazone groups is 1. The molecule has 0 aliphatic carbocycles. The van der Waals surface area contributed by atoms with Crippen molar-refractivity contribution in [2.45, 2.75) is 30.1 Å². The Morgan fingerprint density at radius 3 is 2.35 bits per heavy atom. The SMILES string of the molecule is Cc1ccc(S(=O)(=O)N2N=CCC2(O)C(F)(F)F)cc1. The van der Waals surface area contributed by atoms with Gasteiger partial charge in [0.15, 0.2) is 0 Å². The van der Waals surface area contributed by atoms with E-state index in [0.29, 0.717) is 0 Å². The third-order valence-electron chi connectivity index (χ3n) is 2.88. The molecule has 5 nitrogen and oxygen atoms in total. The lowest BCUT2D eigenvalue weighted by Crippen LogP contribution is -2.56. The van der Waals surface area contributed by atoms with Gasteiger partial charge < -0.3 is 5.11 Å². The number of benzene rings is 1. The van der Waals surface area contributed by atoms with E-state index >= 15 is 0 Å². The summed E-state index contributed by atoms with van der Waals surface area (Å²) in [6.45, 7) is 1.70. The molecule has 0 aromatic heterocycles. The van der Waals surface area contributed by atoms with E-state index in [1.807, 2.05) is 0 Å². The zero-order chi connectivity index (χ0) is 15.2. The molecule has 0 saturated carbocycles. The standard InChI is InChI=1S/C11H11F3N2O3S/c1-8-2-4-9(5-3-8)20(18,19)16-10(17,6-7-15-16)11(12,13)14/h2-5,7,17H,6H2,1H3.